The number of rotatable bonds is 10. The lowest BCUT2D eigenvalue weighted by molar-refractivity contribution is 0.440. The molecule has 0 bridgehead atoms. The Kier molecular flexibility index (Phi) is 7.68. The molecule has 0 aliphatic carbocycles. The molecular formula is C30H44N2. The lowest BCUT2D eigenvalue weighted by Crippen LogP contribution is -2.20. The van der Waals surface area contributed by atoms with Gasteiger partial charge in [0.15, 0.2) is 0 Å². The van der Waals surface area contributed by atoms with Crippen LogP contribution in [0.25, 0.3) is 21.5 Å². The van der Waals surface area contributed by atoms with Gasteiger partial charge in [-0.1, -0.05) is 76.9 Å². The molecule has 3 aromatic carbocycles. The van der Waals surface area contributed by atoms with Crippen LogP contribution in [-0.2, 0) is 10.8 Å². The van der Waals surface area contributed by atoms with E-state index in [0.717, 1.165) is 25.7 Å². The smallest absolute Gasteiger partial charge is 0.00104 e. The quantitative estimate of drug-likeness (QED) is 0.324. The molecule has 0 radical (unpaired) electrons. The molecular weight excluding hydrogens is 388 g/mol. The Balaban J connectivity index is 1.86. The first kappa shape index (κ1) is 24.7. The van der Waals surface area contributed by atoms with Gasteiger partial charge in [0.25, 0.3) is 0 Å². The molecule has 0 aliphatic rings. The predicted molar refractivity (Wildman–Crippen MR) is 143 cm³/mol. The fourth-order valence-electron chi connectivity index (χ4n) is 4.86. The molecule has 4 N–H and O–H groups in total. The number of benzene rings is 3. The number of fused-ring (bicyclic) bond motifs is 2. The van der Waals surface area contributed by atoms with Gasteiger partial charge in [-0.3, -0.25) is 0 Å². The zero-order valence-electron chi connectivity index (χ0n) is 21.2. The zero-order valence-corrected chi connectivity index (χ0v) is 21.2. The summed E-state index contributed by atoms with van der Waals surface area (Å²) in [4.78, 5) is 0. The molecule has 32 heavy (non-hydrogen) atoms. The summed E-state index contributed by atoms with van der Waals surface area (Å²) in [6, 6.07) is 19.3. The van der Waals surface area contributed by atoms with Crippen LogP contribution in [0.2, 0.25) is 0 Å². The van der Waals surface area contributed by atoms with Crippen molar-refractivity contribution in [3.05, 3.63) is 59.7 Å². The third-order valence-electron chi connectivity index (χ3n) is 7.28. The minimum atomic E-state index is 0.160. The van der Waals surface area contributed by atoms with E-state index in [1.54, 1.807) is 0 Å². The van der Waals surface area contributed by atoms with E-state index in [2.05, 4.69) is 90.1 Å². The maximum atomic E-state index is 5.96. The van der Waals surface area contributed by atoms with Crippen molar-refractivity contribution in [2.45, 2.75) is 103 Å². The summed E-state index contributed by atoms with van der Waals surface area (Å²) in [5.41, 5.74) is 15.1. The van der Waals surface area contributed by atoms with Gasteiger partial charge >= 0.3 is 0 Å². The molecule has 2 unspecified atom stereocenters. The van der Waals surface area contributed by atoms with Crippen LogP contribution in [0.15, 0.2) is 48.5 Å². The van der Waals surface area contributed by atoms with Crippen molar-refractivity contribution in [2.75, 3.05) is 0 Å². The van der Waals surface area contributed by atoms with Gasteiger partial charge in [-0.2, -0.15) is 0 Å². The summed E-state index contributed by atoms with van der Waals surface area (Å²) in [6.45, 7) is 13.6. The lowest BCUT2D eigenvalue weighted by atomic mass is 9.78. The zero-order chi connectivity index (χ0) is 23.5. The maximum absolute atomic E-state index is 5.96. The van der Waals surface area contributed by atoms with Crippen molar-refractivity contribution >= 4 is 21.5 Å². The molecule has 0 heterocycles. The molecule has 0 fully saturated rings. The minimum Gasteiger partial charge on any atom is -0.328 e. The van der Waals surface area contributed by atoms with Crippen LogP contribution in [0.1, 0.15) is 91.2 Å². The van der Waals surface area contributed by atoms with Gasteiger partial charge in [0.1, 0.15) is 0 Å². The largest absolute Gasteiger partial charge is 0.328 e. The SMILES string of the molecule is CC(N)CCCC(C)(C)c1ccc2cc3cc(C(C)(C)CCCC(C)N)ccc3cc2c1. The maximum Gasteiger partial charge on any atom is 0.00104 e. The first-order chi connectivity index (χ1) is 15.0. The van der Waals surface area contributed by atoms with Crippen molar-refractivity contribution in [3.8, 4) is 0 Å². The van der Waals surface area contributed by atoms with Gasteiger partial charge in [-0.25, -0.2) is 0 Å². The Bertz CT molecular complexity index is 958. The monoisotopic (exact) mass is 432 g/mol. The van der Waals surface area contributed by atoms with Crippen LogP contribution < -0.4 is 11.5 Å². The summed E-state index contributed by atoms with van der Waals surface area (Å²) in [7, 11) is 0. The van der Waals surface area contributed by atoms with Crippen molar-refractivity contribution in [3.63, 3.8) is 0 Å². The third-order valence-corrected chi connectivity index (χ3v) is 7.28. The fraction of sp³-hybridized carbons (Fsp3) is 0.533. The Hall–Kier alpha value is -1.90. The normalized spacial score (nSPS) is 14.8. The molecule has 0 aliphatic heterocycles. The second-order valence-corrected chi connectivity index (χ2v) is 11.5. The Morgan fingerprint density at radius 2 is 0.969 bits per heavy atom. The highest BCUT2D eigenvalue weighted by molar-refractivity contribution is 5.98. The second kappa shape index (κ2) is 9.93. The van der Waals surface area contributed by atoms with E-state index in [-0.39, 0.29) is 22.9 Å². The van der Waals surface area contributed by atoms with E-state index in [9.17, 15) is 0 Å². The predicted octanol–water partition coefficient (Wildman–Crippen LogP) is 7.58. The summed E-state index contributed by atoms with van der Waals surface area (Å²) in [6.07, 6.45) is 6.84. The van der Waals surface area contributed by atoms with Crippen LogP contribution in [0.4, 0.5) is 0 Å². The molecule has 0 saturated carbocycles. The van der Waals surface area contributed by atoms with E-state index in [1.165, 1.54) is 45.5 Å². The molecule has 2 heteroatoms. The van der Waals surface area contributed by atoms with E-state index in [4.69, 9.17) is 11.5 Å². The molecule has 2 atom stereocenters. The lowest BCUT2D eigenvalue weighted by Gasteiger charge is -2.27. The van der Waals surface area contributed by atoms with Crippen LogP contribution in [0, 0.1) is 0 Å². The van der Waals surface area contributed by atoms with Crippen molar-refractivity contribution in [1.82, 2.24) is 0 Å². The standard InChI is InChI=1S/C30H44N2/c1-21(31)9-7-15-29(3,4)27-13-11-23-18-26-20-28(14-12-24(26)17-25(23)19-27)30(5,6)16-8-10-22(2)32/h11-14,17-22H,7-10,15-16,31-32H2,1-6H3. The van der Waals surface area contributed by atoms with Gasteiger partial charge in [-0.15, -0.1) is 0 Å². The van der Waals surface area contributed by atoms with Gasteiger partial charge in [-0.05, 0) is 95.2 Å². The first-order valence-electron chi connectivity index (χ1n) is 12.5. The highest BCUT2D eigenvalue weighted by atomic mass is 14.6. The molecule has 3 aromatic rings. The van der Waals surface area contributed by atoms with Gasteiger partial charge < -0.3 is 11.5 Å². The van der Waals surface area contributed by atoms with Crippen LogP contribution in [-0.4, -0.2) is 12.1 Å². The average molecular weight is 433 g/mol. The van der Waals surface area contributed by atoms with Gasteiger partial charge in [0.05, 0.1) is 0 Å². The summed E-state index contributed by atoms with van der Waals surface area (Å²) in [5, 5.41) is 5.30. The Morgan fingerprint density at radius 1 is 0.594 bits per heavy atom. The highest BCUT2D eigenvalue weighted by Gasteiger charge is 2.22. The highest BCUT2D eigenvalue weighted by Crippen LogP contribution is 2.35. The number of hydrogen-bond acceptors (Lipinski definition) is 2. The van der Waals surface area contributed by atoms with E-state index < -0.39 is 0 Å². The first-order valence-corrected chi connectivity index (χ1v) is 12.5. The molecule has 0 spiro atoms. The van der Waals surface area contributed by atoms with E-state index in [1.807, 2.05) is 0 Å². The molecule has 3 rings (SSSR count). The van der Waals surface area contributed by atoms with Crippen LogP contribution in [0.3, 0.4) is 0 Å². The summed E-state index contributed by atoms with van der Waals surface area (Å²) < 4.78 is 0. The number of nitrogens with two attached hydrogens (primary N) is 2. The summed E-state index contributed by atoms with van der Waals surface area (Å²) >= 11 is 0. The van der Waals surface area contributed by atoms with Crippen molar-refractivity contribution in [1.29, 1.82) is 0 Å². The molecule has 0 saturated heterocycles. The Morgan fingerprint density at radius 3 is 1.31 bits per heavy atom. The van der Waals surface area contributed by atoms with Gasteiger partial charge in [0.2, 0.25) is 0 Å². The minimum absolute atomic E-state index is 0.160. The van der Waals surface area contributed by atoms with Crippen LogP contribution >= 0.6 is 0 Å². The van der Waals surface area contributed by atoms with E-state index in [0.29, 0.717) is 0 Å². The van der Waals surface area contributed by atoms with Crippen molar-refractivity contribution in [2.24, 2.45) is 11.5 Å². The van der Waals surface area contributed by atoms with Crippen LogP contribution in [0.5, 0.6) is 0 Å². The average Bonchev–Trinajstić information content (AvgIpc) is 2.70. The van der Waals surface area contributed by atoms with Crippen molar-refractivity contribution < 1.29 is 0 Å². The molecule has 2 nitrogen and oxygen atoms in total. The molecule has 0 aromatic heterocycles. The fourth-order valence-corrected chi connectivity index (χ4v) is 4.86. The molecule has 0 amide bonds. The second-order valence-electron chi connectivity index (χ2n) is 11.5. The molecule has 174 valence electrons. The third kappa shape index (κ3) is 6.11. The topological polar surface area (TPSA) is 52.0 Å². The summed E-state index contributed by atoms with van der Waals surface area (Å²) in [5.74, 6) is 0. The Labute approximate surface area is 195 Å². The van der Waals surface area contributed by atoms with Gasteiger partial charge in [0, 0.05) is 12.1 Å². The van der Waals surface area contributed by atoms with E-state index >= 15 is 0 Å². The number of hydrogen-bond donors (Lipinski definition) is 2.